The van der Waals surface area contributed by atoms with E-state index in [1.165, 1.54) is 12.1 Å². The molecule has 5 nitrogen and oxygen atoms in total. The van der Waals surface area contributed by atoms with Crippen LogP contribution in [0.3, 0.4) is 0 Å². The van der Waals surface area contributed by atoms with E-state index >= 15 is 0 Å². The molecule has 0 radical (unpaired) electrons. The predicted molar refractivity (Wildman–Crippen MR) is 99.5 cm³/mol. The van der Waals surface area contributed by atoms with Crippen LogP contribution in [0.1, 0.15) is 12.1 Å². The number of benzene rings is 2. The smallest absolute Gasteiger partial charge is 0.307 e. The van der Waals surface area contributed by atoms with Crippen molar-refractivity contribution in [2.75, 3.05) is 5.32 Å². The van der Waals surface area contributed by atoms with Gasteiger partial charge in [-0.15, -0.1) is 0 Å². The maximum atomic E-state index is 13.3. The van der Waals surface area contributed by atoms with Crippen LogP contribution >= 0.6 is 11.3 Å². The van der Waals surface area contributed by atoms with E-state index in [0.717, 1.165) is 17.0 Å². The van der Waals surface area contributed by atoms with E-state index in [2.05, 4.69) is 5.32 Å². The second-order valence-electron chi connectivity index (χ2n) is 5.65. The summed E-state index contributed by atoms with van der Waals surface area (Å²) in [4.78, 5) is 23.9. The van der Waals surface area contributed by atoms with Gasteiger partial charge in [0.15, 0.2) is 5.75 Å². The summed E-state index contributed by atoms with van der Waals surface area (Å²) in [5, 5.41) is 4.54. The van der Waals surface area contributed by atoms with Crippen molar-refractivity contribution in [3.8, 4) is 11.5 Å². The quantitative estimate of drug-likeness (QED) is 0.706. The Balaban J connectivity index is 1.68. The fourth-order valence-corrected chi connectivity index (χ4v) is 3.18. The van der Waals surface area contributed by atoms with E-state index < -0.39 is 5.82 Å². The summed E-state index contributed by atoms with van der Waals surface area (Å²) in [6.45, 7) is 2.14. The molecule has 0 aliphatic rings. The Hall–Kier alpha value is -2.93. The number of anilines is 1. The van der Waals surface area contributed by atoms with Crippen molar-refractivity contribution < 1.29 is 13.9 Å². The molecule has 2 aromatic carbocycles. The number of carbonyl (C=O) groups excluding carboxylic acids is 1. The maximum absolute atomic E-state index is 13.3. The standard InChI is InChI=1S/C19H17FN2O3S/c1-13-12-26-19(24)22(13)10-9-18(23)21-16-7-2-3-8-17(16)25-15-6-4-5-14(20)11-15/h2-8,11-12H,9-10H2,1H3,(H,21,23). The molecule has 1 amide bonds. The van der Waals surface area contributed by atoms with Crippen LogP contribution in [-0.4, -0.2) is 10.5 Å². The molecule has 7 heteroatoms. The van der Waals surface area contributed by atoms with Gasteiger partial charge >= 0.3 is 4.87 Å². The highest BCUT2D eigenvalue weighted by Gasteiger charge is 2.10. The van der Waals surface area contributed by atoms with Gasteiger partial charge in [0.2, 0.25) is 5.91 Å². The monoisotopic (exact) mass is 372 g/mol. The lowest BCUT2D eigenvalue weighted by molar-refractivity contribution is -0.116. The molecule has 0 fully saturated rings. The lowest BCUT2D eigenvalue weighted by Gasteiger charge is -2.12. The fourth-order valence-electron chi connectivity index (χ4n) is 2.42. The highest BCUT2D eigenvalue weighted by molar-refractivity contribution is 7.07. The first-order valence-electron chi connectivity index (χ1n) is 8.00. The number of hydrogen-bond donors (Lipinski definition) is 1. The number of para-hydroxylation sites is 2. The molecule has 0 aliphatic carbocycles. The van der Waals surface area contributed by atoms with Gasteiger partial charge in [-0.3, -0.25) is 9.59 Å². The van der Waals surface area contributed by atoms with Crippen LogP contribution in [-0.2, 0) is 11.3 Å². The number of ether oxygens (including phenoxy) is 1. The fraction of sp³-hybridized carbons (Fsp3) is 0.158. The zero-order valence-electron chi connectivity index (χ0n) is 14.1. The SMILES string of the molecule is Cc1csc(=O)n1CCC(=O)Nc1ccccc1Oc1cccc(F)c1. The van der Waals surface area contributed by atoms with Crippen LogP contribution in [0.25, 0.3) is 0 Å². The molecular weight excluding hydrogens is 355 g/mol. The first-order chi connectivity index (χ1) is 12.5. The van der Waals surface area contributed by atoms with Crippen molar-refractivity contribution >= 4 is 22.9 Å². The number of halogens is 1. The van der Waals surface area contributed by atoms with Gasteiger partial charge in [0.25, 0.3) is 0 Å². The van der Waals surface area contributed by atoms with Crippen molar-refractivity contribution in [1.82, 2.24) is 4.57 Å². The van der Waals surface area contributed by atoms with Crippen LogP contribution in [0.2, 0.25) is 0 Å². The molecule has 1 N–H and O–H groups in total. The van der Waals surface area contributed by atoms with Crippen molar-refractivity contribution in [2.24, 2.45) is 0 Å². The molecule has 0 unspecified atom stereocenters. The molecule has 1 heterocycles. The molecule has 26 heavy (non-hydrogen) atoms. The predicted octanol–water partition coefficient (Wildman–Crippen LogP) is 4.18. The van der Waals surface area contributed by atoms with E-state index in [4.69, 9.17) is 4.74 Å². The maximum Gasteiger partial charge on any atom is 0.307 e. The minimum Gasteiger partial charge on any atom is -0.455 e. The number of carbonyl (C=O) groups is 1. The number of hydrogen-bond acceptors (Lipinski definition) is 4. The molecule has 0 aliphatic heterocycles. The highest BCUT2D eigenvalue weighted by atomic mass is 32.1. The van der Waals surface area contributed by atoms with Gasteiger partial charge in [-0.2, -0.15) is 0 Å². The third kappa shape index (κ3) is 4.37. The zero-order valence-corrected chi connectivity index (χ0v) is 14.9. The third-order valence-electron chi connectivity index (χ3n) is 3.72. The van der Waals surface area contributed by atoms with Crippen molar-refractivity contribution in [3.05, 3.63) is 75.1 Å². The summed E-state index contributed by atoms with van der Waals surface area (Å²) in [6, 6.07) is 12.7. The molecule has 0 spiro atoms. The van der Waals surface area contributed by atoms with E-state index in [1.54, 1.807) is 46.3 Å². The molecule has 1 aromatic heterocycles. The lowest BCUT2D eigenvalue weighted by atomic mass is 10.2. The molecule has 0 atom stereocenters. The highest BCUT2D eigenvalue weighted by Crippen LogP contribution is 2.29. The minimum atomic E-state index is -0.402. The topological polar surface area (TPSA) is 60.3 Å². The Bertz CT molecular complexity index is 981. The first-order valence-corrected chi connectivity index (χ1v) is 8.88. The van der Waals surface area contributed by atoms with Crippen molar-refractivity contribution in [3.63, 3.8) is 0 Å². The summed E-state index contributed by atoms with van der Waals surface area (Å²) in [5.41, 5.74) is 1.32. The van der Waals surface area contributed by atoms with E-state index in [-0.39, 0.29) is 17.2 Å². The number of aromatic nitrogens is 1. The molecule has 134 valence electrons. The number of nitrogens with one attached hydrogen (secondary N) is 1. The van der Waals surface area contributed by atoms with Gasteiger partial charge in [-0.1, -0.05) is 29.5 Å². The summed E-state index contributed by atoms with van der Waals surface area (Å²) >= 11 is 1.12. The van der Waals surface area contributed by atoms with Crippen molar-refractivity contribution in [1.29, 1.82) is 0 Å². The average molecular weight is 372 g/mol. The zero-order chi connectivity index (χ0) is 18.5. The normalized spacial score (nSPS) is 10.5. The number of amides is 1. The lowest BCUT2D eigenvalue weighted by Crippen LogP contribution is -2.20. The minimum absolute atomic E-state index is 0.0786. The molecule has 0 saturated carbocycles. The Labute approximate surface area is 153 Å². The van der Waals surface area contributed by atoms with Crippen molar-refractivity contribution in [2.45, 2.75) is 19.9 Å². The summed E-state index contributed by atoms with van der Waals surface area (Å²) in [5.74, 6) is 0.112. The number of nitrogens with zero attached hydrogens (tertiary/aromatic N) is 1. The number of thiazole rings is 1. The molecular formula is C19H17FN2O3S. The van der Waals surface area contributed by atoms with Gasteiger partial charge < -0.3 is 14.6 Å². The molecule has 3 rings (SSSR count). The van der Waals surface area contributed by atoms with E-state index in [0.29, 0.717) is 23.7 Å². The molecule has 0 bridgehead atoms. The van der Waals surface area contributed by atoms with Gasteiger partial charge in [-0.05, 0) is 31.2 Å². The Morgan fingerprint density at radius 1 is 1.23 bits per heavy atom. The van der Waals surface area contributed by atoms with Gasteiger partial charge in [0.1, 0.15) is 11.6 Å². The first kappa shape index (κ1) is 17.9. The van der Waals surface area contributed by atoms with Gasteiger partial charge in [0.05, 0.1) is 5.69 Å². The van der Waals surface area contributed by atoms with Crippen LogP contribution in [0.15, 0.2) is 58.7 Å². The Kier molecular flexibility index (Phi) is 5.48. The summed E-state index contributed by atoms with van der Waals surface area (Å²) in [7, 11) is 0. The number of aryl methyl sites for hydroxylation is 1. The molecule has 3 aromatic rings. The molecule has 0 saturated heterocycles. The average Bonchev–Trinajstić information content (AvgIpc) is 2.93. The van der Waals surface area contributed by atoms with Gasteiger partial charge in [-0.25, -0.2) is 4.39 Å². The number of rotatable bonds is 6. The van der Waals surface area contributed by atoms with Crippen LogP contribution in [0.4, 0.5) is 10.1 Å². The second-order valence-corrected chi connectivity index (χ2v) is 6.47. The summed E-state index contributed by atoms with van der Waals surface area (Å²) in [6.07, 6.45) is 0.159. The van der Waals surface area contributed by atoms with Gasteiger partial charge in [0, 0.05) is 30.1 Å². The third-order valence-corrected chi connectivity index (χ3v) is 4.60. The Morgan fingerprint density at radius 3 is 2.77 bits per heavy atom. The van der Waals surface area contributed by atoms with Crippen LogP contribution in [0, 0.1) is 12.7 Å². The summed E-state index contributed by atoms with van der Waals surface area (Å²) < 4.78 is 20.5. The van der Waals surface area contributed by atoms with E-state index in [1.807, 2.05) is 6.92 Å². The Morgan fingerprint density at radius 2 is 2.04 bits per heavy atom. The second kappa shape index (κ2) is 7.97. The van der Waals surface area contributed by atoms with Crippen LogP contribution in [0.5, 0.6) is 11.5 Å². The largest absolute Gasteiger partial charge is 0.455 e. The van der Waals surface area contributed by atoms with Crippen LogP contribution < -0.4 is 14.9 Å². The van der Waals surface area contributed by atoms with E-state index in [9.17, 15) is 14.0 Å².